The summed E-state index contributed by atoms with van der Waals surface area (Å²) < 4.78 is 1.03. The molecular weight excluding hydrogens is 328 g/mol. The second-order valence-corrected chi connectivity index (χ2v) is 5.53. The van der Waals surface area contributed by atoms with E-state index in [4.69, 9.17) is 0 Å². The topological polar surface area (TPSA) is 50.7 Å². The van der Waals surface area contributed by atoms with Crippen molar-refractivity contribution >= 4 is 32.7 Å². The minimum Gasteiger partial charge on any atom is -0.368 e. The van der Waals surface area contributed by atoms with Gasteiger partial charge in [0.05, 0.1) is 5.52 Å². The molecule has 1 N–H and O–H groups in total. The van der Waals surface area contributed by atoms with E-state index in [0.29, 0.717) is 0 Å². The van der Waals surface area contributed by atoms with Crippen LogP contribution in [0, 0.1) is 0 Å². The summed E-state index contributed by atoms with van der Waals surface area (Å²) in [4.78, 5) is 13.4. The molecule has 2 heterocycles. The summed E-state index contributed by atoms with van der Waals surface area (Å²) in [6, 6.07) is 8.04. The Bertz CT molecular complexity index is 773. The SMILES string of the molecule is CCCNc1nccnc1-c1ccc(Br)c2cccnc12. The van der Waals surface area contributed by atoms with Crippen molar-refractivity contribution in [1.29, 1.82) is 0 Å². The van der Waals surface area contributed by atoms with Crippen molar-refractivity contribution < 1.29 is 0 Å². The number of rotatable bonds is 4. The zero-order chi connectivity index (χ0) is 14.7. The molecule has 3 rings (SSSR count). The van der Waals surface area contributed by atoms with E-state index in [0.717, 1.165) is 45.4 Å². The summed E-state index contributed by atoms with van der Waals surface area (Å²) in [6.07, 6.45) is 6.25. The molecule has 2 aromatic heterocycles. The van der Waals surface area contributed by atoms with Gasteiger partial charge in [-0.25, -0.2) is 4.98 Å². The van der Waals surface area contributed by atoms with Gasteiger partial charge >= 0.3 is 0 Å². The average Bonchev–Trinajstić information content (AvgIpc) is 2.54. The maximum atomic E-state index is 4.51. The molecule has 0 saturated carbocycles. The van der Waals surface area contributed by atoms with Crippen LogP contribution in [-0.2, 0) is 0 Å². The first-order valence-electron chi connectivity index (χ1n) is 6.89. The molecule has 0 spiro atoms. The first kappa shape index (κ1) is 13.9. The number of hydrogen-bond donors (Lipinski definition) is 1. The molecule has 106 valence electrons. The summed E-state index contributed by atoms with van der Waals surface area (Å²) in [5, 5.41) is 4.40. The fourth-order valence-electron chi connectivity index (χ4n) is 2.24. The third kappa shape index (κ3) is 2.74. The van der Waals surface area contributed by atoms with E-state index >= 15 is 0 Å². The van der Waals surface area contributed by atoms with Gasteiger partial charge in [-0.15, -0.1) is 0 Å². The van der Waals surface area contributed by atoms with E-state index in [1.807, 2.05) is 24.3 Å². The maximum Gasteiger partial charge on any atom is 0.152 e. The van der Waals surface area contributed by atoms with Crippen molar-refractivity contribution in [2.75, 3.05) is 11.9 Å². The number of aromatic nitrogens is 3. The Morgan fingerprint density at radius 3 is 2.76 bits per heavy atom. The number of anilines is 1. The van der Waals surface area contributed by atoms with Gasteiger partial charge in [-0.3, -0.25) is 9.97 Å². The van der Waals surface area contributed by atoms with Crippen LogP contribution in [0.3, 0.4) is 0 Å². The third-order valence-electron chi connectivity index (χ3n) is 3.21. The smallest absolute Gasteiger partial charge is 0.152 e. The lowest BCUT2D eigenvalue weighted by molar-refractivity contribution is 0.966. The van der Waals surface area contributed by atoms with Crippen LogP contribution in [0.25, 0.3) is 22.2 Å². The van der Waals surface area contributed by atoms with Gasteiger partial charge in [-0.2, -0.15) is 0 Å². The zero-order valence-electron chi connectivity index (χ0n) is 11.7. The first-order chi connectivity index (χ1) is 10.3. The van der Waals surface area contributed by atoms with Gasteiger partial charge in [0.25, 0.3) is 0 Å². The Hall–Kier alpha value is -2.01. The molecule has 0 atom stereocenters. The first-order valence-corrected chi connectivity index (χ1v) is 7.69. The normalized spacial score (nSPS) is 10.8. The van der Waals surface area contributed by atoms with Crippen LogP contribution >= 0.6 is 15.9 Å². The molecule has 3 aromatic rings. The van der Waals surface area contributed by atoms with E-state index < -0.39 is 0 Å². The molecule has 21 heavy (non-hydrogen) atoms. The molecule has 0 amide bonds. The van der Waals surface area contributed by atoms with Gasteiger partial charge < -0.3 is 5.32 Å². The number of halogens is 1. The van der Waals surface area contributed by atoms with E-state index in [2.05, 4.69) is 43.1 Å². The summed E-state index contributed by atoms with van der Waals surface area (Å²) in [5.41, 5.74) is 2.74. The molecule has 0 aliphatic rings. The Morgan fingerprint density at radius 1 is 1.05 bits per heavy atom. The van der Waals surface area contributed by atoms with Crippen LogP contribution in [0.4, 0.5) is 5.82 Å². The number of pyridine rings is 1. The second kappa shape index (κ2) is 6.18. The summed E-state index contributed by atoms with van der Waals surface area (Å²) in [6.45, 7) is 2.99. The number of hydrogen-bond acceptors (Lipinski definition) is 4. The lowest BCUT2D eigenvalue weighted by Gasteiger charge is -2.11. The Morgan fingerprint density at radius 2 is 1.90 bits per heavy atom. The second-order valence-electron chi connectivity index (χ2n) is 4.67. The molecule has 5 heteroatoms. The molecule has 0 radical (unpaired) electrons. The van der Waals surface area contributed by atoms with Gasteiger partial charge in [0.15, 0.2) is 5.82 Å². The van der Waals surface area contributed by atoms with Crippen LogP contribution in [0.1, 0.15) is 13.3 Å². The minimum atomic E-state index is 0.800. The highest BCUT2D eigenvalue weighted by atomic mass is 79.9. The monoisotopic (exact) mass is 342 g/mol. The lowest BCUT2D eigenvalue weighted by Crippen LogP contribution is -2.05. The summed E-state index contributed by atoms with van der Waals surface area (Å²) in [7, 11) is 0. The van der Waals surface area contributed by atoms with Crippen molar-refractivity contribution in [3.05, 3.63) is 47.3 Å². The number of nitrogens with zero attached hydrogens (tertiary/aromatic N) is 3. The predicted octanol–water partition coefficient (Wildman–Crippen LogP) is 4.28. The molecule has 0 bridgehead atoms. The Balaban J connectivity index is 2.19. The van der Waals surface area contributed by atoms with Gasteiger partial charge in [0, 0.05) is 40.6 Å². The Labute approximate surface area is 131 Å². The minimum absolute atomic E-state index is 0.800. The van der Waals surface area contributed by atoms with Crippen molar-refractivity contribution in [3.63, 3.8) is 0 Å². The third-order valence-corrected chi connectivity index (χ3v) is 3.90. The zero-order valence-corrected chi connectivity index (χ0v) is 13.3. The van der Waals surface area contributed by atoms with E-state index in [1.165, 1.54) is 0 Å². The molecule has 4 nitrogen and oxygen atoms in total. The largest absolute Gasteiger partial charge is 0.368 e. The predicted molar refractivity (Wildman–Crippen MR) is 89.2 cm³/mol. The van der Waals surface area contributed by atoms with Crippen molar-refractivity contribution in [2.45, 2.75) is 13.3 Å². The van der Waals surface area contributed by atoms with Gasteiger partial charge in [0.2, 0.25) is 0 Å². The molecule has 0 aliphatic heterocycles. The maximum absolute atomic E-state index is 4.51. The highest BCUT2D eigenvalue weighted by Gasteiger charge is 2.13. The van der Waals surface area contributed by atoms with Gasteiger partial charge in [-0.1, -0.05) is 28.9 Å². The van der Waals surface area contributed by atoms with E-state index in [1.54, 1.807) is 18.6 Å². The summed E-state index contributed by atoms with van der Waals surface area (Å²) in [5.74, 6) is 0.800. The van der Waals surface area contributed by atoms with Gasteiger partial charge in [0.1, 0.15) is 5.69 Å². The highest BCUT2D eigenvalue weighted by molar-refractivity contribution is 9.10. The quantitative estimate of drug-likeness (QED) is 0.768. The lowest BCUT2D eigenvalue weighted by atomic mass is 10.1. The van der Waals surface area contributed by atoms with Crippen LogP contribution in [0.2, 0.25) is 0 Å². The fraction of sp³-hybridized carbons (Fsp3) is 0.188. The molecule has 1 aromatic carbocycles. The molecular formula is C16H15BrN4. The highest BCUT2D eigenvalue weighted by Crippen LogP contribution is 2.33. The van der Waals surface area contributed by atoms with Crippen LogP contribution in [-0.4, -0.2) is 21.5 Å². The number of benzene rings is 1. The van der Waals surface area contributed by atoms with Crippen LogP contribution in [0.15, 0.2) is 47.3 Å². The van der Waals surface area contributed by atoms with Crippen molar-refractivity contribution in [1.82, 2.24) is 15.0 Å². The fourth-order valence-corrected chi connectivity index (χ4v) is 2.69. The standard InChI is InChI=1S/C16H15BrN4/c1-2-7-20-16-15(19-9-10-21-16)12-5-6-13(17)11-4-3-8-18-14(11)12/h3-6,8-10H,2,7H2,1H3,(H,20,21). The van der Waals surface area contributed by atoms with E-state index in [9.17, 15) is 0 Å². The van der Waals surface area contributed by atoms with Crippen LogP contribution < -0.4 is 5.32 Å². The number of nitrogens with one attached hydrogen (secondary N) is 1. The molecule has 0 unspecified atom stereocenters. The Kier molecular flexibility index (Phi) is 4.10. The van der Waals surface area contributed by atoms with E-state index in [-0.39, 0.29) is 0 Å². The number of fused-ring (bicyclic) bond motifs is 1. The van der Waals surface area contributed by atoms with Gasteiger partial charge in [-0.05, 0) is 24.6 Å². The molecule has 0 fully saturated rings. The van der Waals surface area contributed by atoms with Crippen molar-refractivity contribution in [2.24, 2.45) is 0 Å². The molecule has 0 aliphatic carbocycles. The average molecular weight is 343 g/mol. The van der Waals surface area contributed by atoms with Crippen LogP contribution in [0.5, 0.6) is 0 Å². The summed E-state index contributed by atoms with van der Waals surface area (Å²) >= 11 is 3.57. The van der Waals surface area contributed by atoms with Crippen molar-refractivity contribution in [3.8, 4) is 11.3 Å². The molecule has 0 saturated heterocycles.